The lowest BCUT2D eigenvalue weighted by Gasteiger charge is -2.39. The molecular formula is C11H16N4O3S. The number of nitrogens with one attached hydrogen (secondary N) is 1. The predicted octanol–water partition coefficient (Wildman–Crippen LogP) is -0.437. The fourth-order valence-electron chi connectivity index (χ4n) is 2.04. The molecule has 104 valence electrons. The summed E-state index contributed by atoms with van der Waals surface area (Å²) in [6.07, 6.45) is 1.42. The molecule has 0 aromatic carbocycles. The highest BCUT2D eigenvalue weighted by Gasteiger charge is 2.45. The lowest BCUT2D eigenvalue weighted by molar-refractivity contribution is -0.131. The average molecular weight is 284 g/mol. The monoisotopic (exact) mass is 284 g/mol. The number of aromatic nitrogens is 1. The van der Waals surface area contributed by atoms with E-state index in [0.717, 1.165) is 4.31 Å². The van der Waals surface area contributed by atoms with Gasteiger partial charge in [0.25, 0.3) is 0 Å². The van der Waals surface area contributed by atoms with Gasteiger partial charge in [0.2, 0.25) is 15.9 Å². The Morgan fingerprint density at radius 2 is 2.16 bits per heavy atom. The zero-order valence-electron chi connectivity index (χ0n) is 10.8. The number of hydrogen-bond donors (Lipinski definition) is 2. The third kappa shape index (κ3) is 2.17. The molecule has 0 aliphatic carbocycles. The van der Waals surface area contributed by atoms with Gasteiger partial charge >= 0.3 is 0 Å². The van der Waals surface area contributed by atoms with E-state index in [2.05, 4.69) is 10.3 Å². The van der Waals surface area contributed by atoms with E-state index >= 15 is 0 Å². The zero-order chi connectivity index (χ0) is 14.3. The molecule has 1 fully saturated rings. The van der Waals surface area contributed by atoms with Crippen LogP contribution in [0.15, 0.2) is 23.2 Å². The molecule has 7 nitrogen and oxygen atoms in total. The summed E-state index contributed by atoms with van der Waals surface area (Å²) in [6.45, 7) is 3.61. The van der Waals surface area contributed by atoms with E-state index in [1.165, 1.54) is 18.3 Å². The van der Waals surface area contributed by atoms with Crippen molar-refractivity contribution >= 4 is 21.7 Å². The first-order chi connectivity index (χ1) is 8.78. The quantitative estimate of drug-likeness (QED) is 0.766. The molecule has 19 heavy (non-hydrogen) atoms. The van der Waals surface area contributed by atoms with Gasteiger partial charge < -0.3 is 11.1 Å². The number of piperazine rings is 1. The molecule has 2 rings (SSSR count). The van der Waals surface area contributed by atoms with Crippen molar-refractivity contribution in [3.63, 3.8) is 0 Å². The van der Waals surface area contributed by atoms with Crippen LogP contribution in [0.2, 0.25) is 0 Å². The number of carbonyl (C=O) groups excluding carboxylic acids is 1. The number of carbonyl (C=O) groups is 1. The summed E-state index contributed by atoms with van der Waals surface area (Å²) in [5, 5.41) is 2.65. The highest BCUT2D eigenvalue weighted by molar-refractivity contribution is 7.89. The van der Waals surface area contributed by atoms with Gasteiger partial charge in [-0.15, -0.1) is 0 Å². The number of nitrogens with zero attached hydrogens (tertiary/aromatic N) is 2. The van der Waals surface area contributed by atoms with Crippen LogP contribution in [0.3, 0.4) is 0 Å². The van der Waals surface area contributed by atoms with Crippen LogP contribution in [0.1, 0.15) is 13.8 Å². The first-order valence-electron chi connectivity index (χ1n) is 5.79. The standard InChI is InChI=1S/C11H16N4O3S/c1-11(2)10(16)14-6-7-15(11)19(17,18)8-4-3-5-13-9(8)12/h3-5H,6-7H2,1-2H3,(H2,12,13)(H,14,16). The van der Waals surface area contributed by atoms with Crippen molar-refractivity contribution in [2.24, 2.45) is 0 Å². The molecule has 0 bridgehead atoms. The van der Waals surface area contributed by atoms with Gasteiger partial charge in [-0.2, -0.15) is 4.31 Å². The fraction of sp³-hybridized carbons (Fsp3) is 0.455. The maximum atomic E-state index is 12.6. The SMILES string of the molecule is CC1(C)C(=O)NCCN1S(=O)(=O)c1cccnc1N. The molecule has 1 aromatic rings. The largest absolute Gasteiger partial charge is 0.383 e. The van der Waals surface area contributed by atoms with Crippen molar-refractivity contribution < 1.29 is 13.2 Å². The molecule has 0 saturated carbocycles. The van der Waals surface area contributed by atoms with Crippen molar-refractivity contribution in [3.8, 4) is 0 Å². The maximum absolute atomic E-state index is 12.6. The van der Waals surface area contributed by atoms with Crippen LogP contribution in [-0.2, 0) is 14.8 Å². The van der Waals surface area contributed by atoms with Gasteiger partial charge in [0, 0.05) is 19.3 Å². The van der Waals surface area contributed by atoms with Crippen LogP contribution in [0.5, 0.6) is 0 Å². The summed E-state index contributed by atoms with van der Waals surface area (Å²) in [7, 11) is -3.85. The minimum absolute atomic E-state index is 0.0655. The van der Waals surface area contributed by atoms with Crippen LogP contribution in [0.4, 0.5) is 5.82 Å². The minimum atomic E-state index is -3.85. The maximum Gasteiger partial charge on any atom is 0.247 e. The van der Waals surface area contributed by atoms with Crippen molar-refractivity contribution in [3.05, 3.63) is 18.3 Å². The van der Waals surface area contributed by atoms with Crippen molar-refractivity contribution in [1.29, 1.82) is 0 Å². The van der Waals surface area contributed by atoms with Gasteiger partial charge in [0.1, 0.15) is 16.3 Å². The van der Waals surface area contributed by atoms with Gasteiger partial charge in [-0.25, -0.2) is 13.4 Å². The molecule has 0 unspecified atom stereocenters. The number of rotatable bonds is 2. The normalized spacial score (nSPS) is 20.0. The summed E-state index contributed by atoms with van der Waals surface area (Å²) in [5.74, 6) is -0.394. The van der Waals surface area contributed by atoms with E-state index in [1.807, 2.05) is 0 Å². The van der Waals surface area contributed by atoms with E-state index in [-0.39, 0.29) is 29.7 Å². The second-order valence-corrected chi connectivity index (χ2v) is 6.61. The van der Waals surface area contributed by atoms with E-state index in [9.17, 15) is 13.2 Å². The Labute approximate surface area is 111 Å². The van der Waals surface area contributed by atoms with Crippen LogP contribution in [0, 0.1) is 0 Å². The van der Waals surface area contributed by atoms with Crippen LogP contribution >= 0.6 is 0 Å². The molecule has 1 saturated heterocycles. The van der Waals surface area contributed by atoms with Gasteiger partial charge in [-0.1, -0.05) is 0 Å². The van der Waals surface area contributed by atoms with Crippen molar-refractivity contribution in [2.75, 3.05) is 18.8 Å². The van der Waals surface area contributed by atoms with Crippen LogP contribution < -0.4 is 11.1 Å². The molecule has 8 heteroatoms. The van der Waals surface area contributed by atoms with E-state index in [0.29, 0.717) is 0 Å². The molecule has 0 radical (unpaired) electrons. The second-order valence-electron chi connectivity index (χ2n) is 4.78. The summed E-state index contributed by atoms with van der Waals surface area (Å²) in [4.78, 5) is 15.5. The topological polar surface area (TPSA) is 105 Å². The molecule has 1 aliphatic heterocycles. The van der Waals surface area contributed by atoms with Gasteiger partial charge in [-0.05, 0) is 26.0 Å². The smallest absolute Gasteiger partial charge is 0.247 e. The summed E-state index contributed by atoms with van der Waals surface area (Å²) in [6, 6.07) is 2.89. The Kier molecular flexibility index (Phi) is 3.23. The average Bonchev–Trinajstić information content (AvgIpc) is 2.32. The predicted molar refractivity (Wildman–Crippen MR) is 69.6 cm³/mol. The highest BCUT2D eigenvalue weighted by Crippen LogP contribution is 2.28. The molecule has 0 spiro atoms. The van der Waals surface area contributed by atoms with Crippen molar-refractivity contribution in [2.45, 2.75) is 24.3 Å². The molecule has 1 aliphatic rings. The number of nitrogens with two attached hydrogens (primary N) is 1. The number of sulfonamides is 1. The zero-order valence-corrected chi connectivity index (χ0v) is 11.6. The Morgan fingerprint density at radius 1 is 1.47 bits per heavy atom. The Balaban J connectivity index is 2.51. The summed E-state index contributed by atoms with van der Waals surface area (Å²) in [5.41, 5.74) is 4.47. The number of anilines is 1. The van der Waals surface area contributed by atoms with Crippen molar-refractivity contribution in [1.82, 2.24) is 14.6 Å². The lowest BCUT2D eigenvalue weighted by Crippen LogP contribution is -2.63. The number of hydrogen-bond acceptors (Lipinski definition) is 5. The molecule has 0 atom stereocenters. The number of amides is 1. The Hall–Kier alpha value is -1.67. The number of nitrogen functional groups attached to an aromatic ring is 1. The minimum Gasteiger partial charge on any atom is -0.383 e. The Bertz CT molecular complexity index is 612. The van der Waals surface area contributed by atoms with E-state index < -0.39 is 15.6 Å². The number of pyridine rings is 1. The summed E-state index contributed by atoms with van der Waals surface area (Å²) < 4.78 is 26.3. The first kappa shape index (κ1) is 13.8. The molecular weight excluding hydrogens is 268 g/mol. The second kappa shape index (κ2) is 4.46. The fourth-order valence-corrected chi connectivity index (χ4v) is 3.86. The Morgan fingerprint density at radius 3 is 2.79 bits per heavy atom. The van der Waals surface area contributed by atoms with E-state index in [4.69, 9.17) is 5.73 Å². The van der Waals surface area contributed by atoms with Gasteiger partial charge in [0.05, 0.1) is 0 Å². The molecule has 2 heterocycles. The third-order valence-corrected chi connectivity index (χ3v) is 5.27. The van der Waals surface area contributed by atoms with Gasteiger partial charge in [-0.3, -0.25) is 4.79 Å². The summed E-state index contributed by atoms with van der Waals surface area (Å²) >= 11 is 0. The van der Waals surface area contributed by atoms with Crippen LogP contribution in [0.25, 0.3) is 0 Å². The molecule has 1 amide bonds. The molecule has 3 N–H and O–H groups in total. The van der Waals surface area contributed by atoms with E-state index in [1.54, 1.807) is 13.8 Å². The molecule has 1 aromatic heterocycles. The van der Waals surface area contributed by atoms with Gasteiger partial charge in [0.15, 0.2) is 0 Å². The third-order valence-electron chi connectivity index (χ3n) is 3.15. The van der Waals surface area contributed by atoms with Crippen LogP contribution in [-0.4, -0.2) is 42.2 Å². The lowest BCUT2D eigenvalue weighted by atomic mass is 10.0. The first-order valence-corrected chi connectivity index (χ1v) is 7.23. The highest BCUT2D eigenvalue weighted by atomic mass is 32.2.